The van der Waals surface area contributed by atoms with Crippen LogP contribution in [0.4, 0.5) is 5.69 Å². The van der Waals surface area contributed by atoms with Crippen LogP contribution >= 0.6 is 15.9 Å². The Bertz CT molecular complexity index is 1050. The van der Waals surface area contributed by atoms with Gasteiger partial charge in [0.15, 0.2) is 0 Å². The van der Waals surface area contributed by atoms with Crippen LogP contribution in [0, 0.1) is 0 Å². The molecule has 0 atom stereocenters. The number of hydrogen-bond donors (Lipinski definition) is 3. The second-order valence-corrected chi connectivity index (χ2v) is 6.74. The molecule has 3 aromatic carbocycles. The number of hydrogen-bond acceptors (Lipinski definition) is 4. The third-order valence-corrected chi connectivity index (χ3v) is 4.47. The standard InChI is InChI=1S/C19H15BBrN3O3/c20-15-7-11(8-16(21)17(15)25)10-22-24-19(27)18(26)23-14-6-5-12-3-1-2-4-13(12)9-14/h1-10,25H,20H2,(H,23,26)(H,24,27)/b22-10+. The summed E-state index contributed by atoms with van der Waals surface area (Å²) in [6.07, 6.45) is 1.39. The van der Waals surface area contributed by atoms with Crippen molar-refractivity contribution in [1.82, 2.24) is 5.43 Å². The van der Waals surface area contributed by atoms with Crippen LogP contribution in [0.3, 0.4) is 0 Å². The number of benzene rings is 3. The predicted octanol–water partition coefficient (Wildman–Crippen LogP) is 1.66. The summed E-state index contributed by atoms with van der Waals surface area (Å²) < 4.78 is 0.518. The summed E-state index contributed by atoms with van der Waals surface area (Å²) >= 11 is 3.23. The van der Waals surface area contributed by atoms with Gasteiger partial charge in [-0.2, -0.15) is 5.10 Å². The number of halogens is 1. The molecule has 0 saturated heterocycles. The summed E-state index contributed by atoms with van der Waals surface area (Å²) in [5.74, 6) is -1.55. The molecule has 0 unspecified atom stereocenters. The lowest BCUT2D eigenvalue weighted by atomic mass is 9.93. The summed E-state index contributed by atoms with van der Waals surface area (Å²) in [6, 6.07) is 16.5. The lowest BCUT2D eigenvalue weighted by molar-refractivity contribution is -0.136. The SMILES string of the molecule is Bc1cc(/C=N/NC(=O)C(=O)Nc2ccc3ccccc3c2)cc(Br)c1O. The van der Waals surface area contributed by atoms with Gasteiger partial charge in [-0.3, -0.25) is 9.59 Å². The van der Waals surface area contributed by atoms with Crippen LogP contribution in [-0.4, -0.2) is 31.0 Å². The van der Waals surface area contributed by atoms with E-state index < -0.39 is 11.8 Å². The Morgan fingerprint density at radius 3 is 2.52 bits per heavy atom. The van der Waals surface area contributed by atoms with Gasteiger partial charge in [0.1, 0.15) is 13.6 Å². The number of rotatable bonds is 3. The van der Waals surface area contributed by atoms with Crippen LogP contribution in [-0.2, 0) is 9.59 Å². The first-order valence-electron chi connectivity index (χ1n) is 8.06. The van der Waals surface area contributed by atoms with E-state index in [4.69, 9.17) is 0 Å². The summed E-state index contributed by atoms with van der Waals surface area (Å²) in [5, 5.41) is 18.0. The molecule has 3 rings (SSSR count). The molecule has 0 aliphatic heterocycles. The predicted molar refractivity (Wildman–Crippen MR) is 112 cm³/mol. The monoisotopic (exact) mass is 423 g/mol. The number of hydrazone groups is 1. The minimum absolute atomic E-state index is 0.144. The first kappa shape index (κ1) is 18.7. The average molecular weight is 424 g/mol. The van der Waals surface area contributed by atoms with E-state index in [2.05, 4.69) is 31.8 Å². The van der Waals surface area contributed by atoms with Crippen molar-refractivity contribution in [3.63, 3.8) is 0 Å². The van der Waals surface area contributed by atoms with Crippen molar-refractivity contribution >= 4 is 63.7 Å². The van der Waals surface area contributed by atoms with Gasteiger partial charge in [0.05, 0.1) is 10.7 Å². The number of phenols is 1. The number of fused-ring (bicyclic) bond motifs is 1. The Labute approximate surface area is 164 Å². The summed E-state index contributed by atoms with van der Waals surface area (Å²) in [6.45, 7) is 0. The maximum atomic E-state index is 12.0. The molecule has 0 aliphatic rings. The molecule has 3 N–H and O–H groups in total. The lowest BCUT2D eigenvalue weighted by Crippen LogP contribution is -2.32. The molecule has 0 aromatic heterocycles. The number of nitrogens with zero attached hydrogens (tertiary/aromatic N) is 1. The molecule has 0 aliphatic carbocycles. The van der Waals surface area contributed by atoms with E-state index in [0.717, 1.165) is 10.8 Å². The van der Waals surface area contributed by atoms with Crippen LogP contribution in [0.5, 0.6) is 5.75 Å². The number of carbonyl (C=O) groups is 2. The van der Waals surface area contributed by atoms with Crippen molar-refractivity contribution in [2.45, 2.75) is 0 Å². The van der Waals surface area contributed by atoms with Gasteiger partial charge in [0.2, 0.25) is 0 Å². The van der Waals surface area contributed by atoms with Gasteiger partial charge in [0.25, 0.3) is 0 Å². The highest BCUT2D eigenvalue weighted by Crippen LogP contribution is 2.21. The van der Waals surface area contributed by atoms with Crippen molar-refractivity contribution < 1.29 is 14.7 Å². The van der Waals surface area contributed by atoms with E-state index in [0.29, 0.717) is 21.2 Å². The van der Waals surface area contributed by atoms with Crippen molar-refractivity contribution in [3.8, 4) is 5.75 Å². The smallest absolute Gasteiger partial charge is 0.329 e. The molecule has 2 amide bonds. The lowest BCUT2D eigenvalue weighted by Gasteiger charge is -2.06. The summed E-state index contributed by atoms with van der Waals surface area (Å²) in [5.41, 5.74) is 4.02. The Kier molecular flexibility index (Phi) is 5.56. The first-order chi connectivity index (χ1) is 12.9. The number of phenolic OH excluding ortho intramolecular Hbond substituents is 1. The maximum absolute atomic E-state index is 12.0. The van der Waals surface area contributed by atoms with Gasteiger partial charge < -0.3 is 10.4 Å². The van der Waals surface area contributed by atoms with Gasteiger partial charge in [-0.25, -0.2) is 5.43 Å². The minimum atomic E-state index is -0.881. The summed E-state index contributed by atoms with van der Waals surface area (Å²) in [4.78, 5) is 23.9. The fraction of sp³-hybridized carbons (Fsp3) is 0. The Morgan fingerprint density at radius 1 is 1.04 bits per heavy atom. The maximum Gasteiger partial charge on any atom is 0.329 e. The van der Waals surface area contributed by atoms with Gasteiger partial charge in [-0.05, 0) is 55.9 Å². The molecule has 0 spiro atoms. The molecule has 8 heteroatoms. The molecule has 134 valence electrons. The van der Waals surface area contributed by atoms with Crippen molar-refractivity contribution in [3.05, 3.63) is 64.6 Å². The first-order valence-corrected chi connectivity index (χ1v) is 8.85. The molecule has 0 bridgehead atoms. The number of carbonyl (C=O) groups excluding carboxylic acids is 2. The van der Waals surface area contributed by atoms with Gasteiger partial charge in [-0.15, -0.1) is 0 Å². The zero-order valence-electron chi connectivity index (χ0n) is 14.4. The minimum Gasteiger partial charge on any atom is -0.507 e. The number of nitrogens with one attached hydrogen (secondary N) is 2. The third kappa shape index (κ3) is 4.54. The topological polar surface area (TPSA) is 90.8 Å². The van der Waals surface area contributed by atoms with Crippen molar-refractivity contribution in [2.24, 2.45) is 5.10 Å². The fourth-order valence-electron chi connectivity index (χ4n) is 2.51. The van der Waals surface area contributed by atoms with Gasteiger partial charge >= 0.3 is 11.8 Å². The van der Waals surface area contributed by atoms with E-state index in [1.807, 2.05) is 30.3 Å². The van der Waals surface area contributed by atoms with Crippen LogP contribution < -0.4 is 16.2 Å². The van der Waals surface area contributed by atoms with E-state index in [1.165, 1.54) is 6.21 Å². The van der Waals surface area contributed by atoms with E-state index >= 15 is 0 Å². The average Bonchev–Trinajstić information content (AvgIpc) is 2.65. The molecule has 0 radical (unpaired) electrons. The van der Waals surface area contributed by atoms with Crippen molar-refractivity contribution in [1.29, 1.82) is 0 Å². The molecule has 27 heavy (non-hydrogen) atoms. The molecule has 0 fully saturated rings. The van der Waals surface area contributed by atoms with E-state index in [1.54, 1.807) is 32.1 Å². The van der Waals surface area contributed by atoms with Gasteiger partial charge in [-0.1, -0.05) is 36.4 Å². The summed E-state index contributed by atoms with van der Waals surface area (Å²) in [7, 11) is 1.74. The second-order valence-electron chi connectivity index (χ2n) is 5.88. The molecule has 3 aromatic rings. The zero-order valence-corrected chi connectivity index (χ0v) is 15.9. The molecule has 6 nitrogen and oxygen atoms in total. The highest BCUT2D eigenvalue weighted by atomic mass is 79.9. The third-order valence-electron chi connectivity index (χ3n) is 3.87. The van der Waals surface area contributed by atoms with Crippen molar-refractivity contribution in [2.75, 3.05) is 5.32 Å². The largest absolute Gasteiger partial charge is 0.507 e. The molecular formula is C19H15BBrN3O3. The number of amides is 2. The van der Waals surface area contributed by atoms with E-state index in [9.17, 15) is 14.7 Å². The van der Waals surface area contributed by atoms with Crippen LogP contribution in [0.25, 0.3) is 10.8 Å². The second kappa shape index (κ2) is 8.05. The number of anilines is 1. The Balaban J connectivity index is 1.62. The van der Waals surface area contributed by atoms with Crippen LogP contribution in [0.2, 0.25) is 0 Å². The Morgan fingerprint density at radius 2 is 1.78 bits per heavy atom. The quantitative estimate of drug-likeness (QED) is 0.259. The fourth-order valence-corrected chi connectivity index (χ4v) is 3.09. The highest BCUT2D eigenvalue weighted by molar-refractivity contribution is 9.10. The molecule has 0 saturated carbocycles. The zero-order chi connectivity index (χ0) is 19.4. The normalized spacial score (nSPS) is 10.9. The highest BCUT2D eigenvalue weighted by Gasteiger charge is 2.13. The van der Waals surface area contributed by atoms with Gasteiger partial charge in [0, 0.05) is 5.69 Å². The molecular weight excluding hydrogens is 409 g/mol. The Hall–Kier alpha value is -3.13. The van der Waals surface area contributed by atoms with Crippen LogP contribution in [0.15, 0.2) is 64.2 Å². The van der Waals surface area contributed by atoms with Crippen LogP contribution in [0.1, 0.15) is 5.56 Å². The number of aromatic hydroxyl groups is 1. The molecule has 0 heterocycles. The van der Waals surface area contributed by atoms with E-state index in [-0.39, 0.29) is 5.75 Å².